The van der Waals surface area contributed by atoms with E-state index in [1.54, 1.807) is 4.90 Å². The Morgan fingerprint density at radius 2 is 1.61 bits per heavy atom. The van der Waals surface area contributed by atoms with Crippen LogP contribution in [0.1, 0.15) is 0 Å². The van der Waals surface area contributed by atoms with E-state index in [1.807, 2.05) is 0 Å². The summed E-state index contributed by atoms with van der Waals surface area (Å²) in [6.45, 7) is 0.758. The Morgan fingerprint density at radius 1 is 1.03 bits per heavy atom. The van der Waals surface area contributed by atoms with Crippen molar-refractivity contribution >= 4 is 27.3 Å². The molecule has 2 aromatic carbocycles. The van der Waals surface area contributed by atoms with Crippen LogP contribution in [0.25, 0.3) is 0 Å². The molecule has 0 unspecified atom stereocenters. The van der Waals surface area contributed by atoms with E-state index in [0.29, 0.717) is 0 Å². The first kappa shape index (κ1) is 24.4. The van der Waals surface area contributed by atoms with Gasteiger partial charge in [0.1, 0.15) is 5.75 Å². The largest absolute Gasteiger partial charge is 0.573 e. The number of rotatable bonds is 7. The second-order valence-electron chi connectivity index (χ2n) is 7.05. The zero-order valence-electron chi connectivity index (χ0n) is 17.0. The van der Waals surface area contributed by atoms with Gasteiger partial charge in [-0.2, -0.15) is 4.31 Å². The van der Waals surface area contributed by atoms with Crippen molar-refractivity contribution in [3.05, 3.63) is 58.6 Å². The Morgan fingerprint density at radius 3 is 2.12 bits per heavy atom. The maximum absolute atomic E-state index is 12.7. The highest BCUT2D eigenvalue weighted by Crippen LogP contribution is 2.24. The number of non-ortho nitro benzene ring substituents is 1. The van der Waals surface area contributed by atoms with Gasteiger partial charge in [0.15, 0.2) is 0 Å². The smallest absolute Gasteiger partial charge is 0.406 e. The SMILES string of the molecule is O=C(CN1CCN(S(=O)(=O)c2ccc([N+](=O)[O-])cc2)CC1)Nc1ccc(OC(F)(F)F)cc1. The average molecular weight is 488 g/mol. The number of halogens is 3. The molecule has 0 bridgehead atoms. The van der Waals surface area contributed by atoms with Crippen LogP contribution in [0.3, 0.4) is 0 Å². The Kier molecular flexibility index (Phi) is 7.19. The zero-order valence-corrected chi connectivity index (χ0v) is 17.8. The van der Waals surface area contributed by atoms with Crippen molar-refractivity contribution in [2.75, 3.05) is 38.0 Å². The molecule has 33 heavy (non-hydrogen) atoms. The van der Waals surface area contributed by atoms with Gasteiger partial charge in [0, 0.05) is 44.0 Å². The van der Waals surface area contributed by atoms with Crippen molar-refractivity contribution in [3.63, 3.8) is 0 Å². The highest BCUT2D eigenvalue weighted by Gasteiger charge is 2.31. The number of alkyl halides is 3. The molecule has 0 saturated carbocycles. The van der Waals surface area contributed by atoms with E-state index in [2.05, 4.69) is 10.1 Å². The summed E-state index contributed by atoms with van der Waals surface area (Å²) in [7, 11) is -3.83. The predicted molar refractivity (Wildman–Crippen MR) is 110 cm³/mol. The van der Waals surface area contributed by atoms with Crippen LogP contribution >= 0.6 is 0 Å². The number of nitro benzene ring substituents is 1. The summed E-state index contributed by atoms with van der Waals surface area (Å²) in [5.41, 5.74) is 0.0706. The summed E-state index contributed by atoms with van der Waals surface area (Å²) in [6, 6.07) is 9.29. The minimum atomic E-state index is -4.81. The second-order valence-corrected chi connectivity index (χ2v) is 8.99. The normalized spacial score (nSPS) is 15.7. The van der Waals surface area contributed by atoms with Crippen LogP contribution in [0.2, 0.25) is 0 Å². The third-order valence-electron chi connectivity index (χ3n) is 4.76. The van der Waals surface area contributed by atoms with Crippen molar-refractivity contribution < 1.29 is 36.0 Å². The number of nitro groups is 1. The minimum Gasteiger partial charge on any atom is -0.406 e. The molecule has 0 aromatic heterocycles. The number of hydrogen-bond acceptors (Lipinski definition) is 7. The summed E-state index contributed by atoms with van der Waals surface area (Å²) in [5, 5.41) is 13.3. The maximum Gasteiger partial charge on any atom is 0.573 e. The molecule has 1 saturated heterocycles. The van der Waals surface area contributed by atoms with E-state index in [0.717, 1.165) is 24.3 Å². The third-order valence-corrected chi connectivity index (χ3v) is 6.67. The minimum absolute atomic E-state index is 0.0355. The van der Waals surface area contributed by atoms with Gasteiger partial charge in [-0.05, 0) is 36.4 Å². The van der Waals surface area contributed by atoms with E-state index in [1.165, 1.54) is 28.6 Å². The Bertz CT molecular complexity index is 1100. The number of sulfonamides is 1. The first-order valence-electron chi connectivity index (χ1n) is 9.57. The van der Waals surface area contributed by atoms with Gasteiger partial charge in [-0.1, -0.05) is 0 Å². The lowest BCUT2D eigenvalue weighted by atomic mass is 10.3. The van der Waals surface area contributed by atoms with E-state index < -0.39 is 33.0 Å². The topological polar surface area (TPSA) is 122 Å². The molecule has 1 heterocycles. The Hall–Kier alpha value is -3.23. The number of carbonyl (C=O) groups is 1. The molecule has 3 rings (SSSR count). The Balaban J connectivity index is 1.50. The van der Waals surface area contributed by atoms with Crippen molar-refractivity contribution in [2.45, 2.75) is 11.3 Å². The van der Waals surface area contributed by atoms with Crippen molar-refractivity contribution in [1.29, 1.82) is 0 Å². The number of amides is 1. The van der Waals surface area contributed by atoms with Gasteiger partial charge in [0.2, 0.25) is 15.9 Å². The van der Waals surface area contributed by atoms with Crippen molar-refractivity contribution in [3.8, 4) is 5.75 Å². The fraction of sp³-hybridized carbons (Fsp3) is 0.316. The van der Waals surface area contributed by atoms with Gasteiger partial charge in [0.25, 0.3) is 5.69 Å². The number of carbonyl (C=O) groups excluding carboxylic acids is 1. The lowest BCUT2D eigenvalue weighted by Crippen LogP contribution is -2.50. The molecule has 1 N–H and O–H groups in total. The number of benzene rings is 2. The first-order chi connectivity index (χ1) is 15.4. The molecule has 2 aromatic rings. The van der Waals surface area contributed by atoms with Gasteiger partial charge in [-0.25, -0.2) is 8.42 Å². The van der Waals surface area contributed by atoms with Crippen LogP contribution in [0.15, 0.2) is 53.4 Å². The summed E-state index contributed by atoms with van der Waals surface area (Å²) in [6.07, 6.45) is -4.81. The highest BCUT2D eigenvalue weighted by molar-refractivity contribution is 7.89. The van der Waals surface area contributed by atoms with Crippen LogP contribution in [-0.2, 0) is 14.8 Å². The molecule has 1 aliphatic heterocycles. The quantitative estimate of drug-likeness (QED) is 0.469. The fourth-order valence-electron chi connectivity index (χ4n) is 3.16. The van der Waals surface area contributed by atoms with Gasteiger partial charge in [-0.3, -0.25) is 19.8 Å². The van der Waals surface area contributed by atoms with E-state index >= 15 is 0 Å². The van der Waals surface area contributed by atoms with Crippen LogP contribution < -0.4 is 10.1 Å². The summed E-state index contributed by atoms with van der Waals surface area (Å²) >= 11 is 0. The van der Waals surface area contributed by atoms with Gasteiger partial charge < -0.3 is 10.1 Å². The lowest BCUT2D eigenvalue weighted by molar-refractivity contribution is -0.384. The predicted octanol–water partition coefficient (Wildman–Crippen LogP) is 2.44. The molecule has 0 atom stereocenters. The van der Waals surface area contributed by atoms with Crippen LogP contribution in [0, 0.1) is 10.1 Å². The van der Waals surface area contributed by atoms with E-state index in [4.69, 9.17) is 0 Å². The lowest BCUT2D eigenvalue weighted by Gasteiger charge is -2.33. The monoisotopic (exact) mass is 488 g/mol. The van der Waals surface area contributed by atoms with Gasteiger partial charge in [0.05, 0.1) is 16.4 Å². The molecular weight excluding hydrogens is 469 g/mol. The van der Waals surface area contributed by atoms with E-state index in [9.17, 15) is 36.5 Å². The molecule has 10 nitrogen and oxygen atoms in total. The third kappa shape index (κ3) is 6.63. The second kappa shape index (κ2) is 9.72. The molecule has 14 heteroatoms. The van der Waals surface area contributed by atoms with Crippen LogP contribution in [0.5, 0.6) is 5.75 Å². The highest BCUT2D eigenvalue weighted by atomic mass is 32.2. The molecular formula is C19H19F3N4O6S. The Labute approximate surface area is 186 Å². The molecule has 0 aliphatic carbocycles. The first-order valence-corrected chi connectivity index (χ1v) is 11.0. The van der Waals surface area contributed by atoms with Crippen molar-refractivity contribution in [2.24, 2.45) is 0 Å². The average Bonchev–Trinajstić information content (AvgIpc) is 2.74. The summed E-state index contributed by atoms with van der Waals surface area (Å²) < 4.78 is 67.0. The number of nitrogens with zero attached hydrogens (tertiary/aromatic N) is 3. The number of hydrogen-bond donors (Lipinski definition) is 1. The molecule has 1 amide bonds. The van der Waals surface area contributed by atoms with Crippen molar-refractivity contribution in [1.82, 2.24) is 9.21 Å². The molecule has 0 radical (unpaired) electrons. The maximum atomic E-state index is 12.7. The van der Waals surface area contributed by atoms with Gasteiger partial charge in [-0.15, -0.1) is 13.2 Å². The van der Waals surface area contributed by atoms with Crippen LogP contribution in [0.4, 0.5) is 24.5 Å². The van der Waals surface area contributed by atoms with Crippen LogP contribution in [-0.4, -0.2) is 67.5 Å². The summed E-state index contributed by atoms with van der Waals surface area (Å²) in [5.74, 6) is -0.822. The van der Waals surface area contributed by atoms with E-state index in [-0.39, 0.29) is 49.0 Å². The zero-order chi connectivity index (χ0) is 24.2. The molecule has 178 valence electrons. The number of ether oxygens (including phenoxy) is 1. The number of piperazine rings is 1. The molecule has 0 spiro atoms. The molecule has 1 fully saturated rings. The number of nitrogens with one attached hydrogen (secondary N) is 1. The fourth-order valence-corrected chi connectivity index (χ4v) is 4.58. The van der Waals surface area contributed by atoms with Gasteiger partial charge >= 0.3 is 6.36 Å². The molecule has 1 aliphatic rings. The number of anilines is 1. The standard InChI is InChI=1S/C19H19F3N4O6S/c20-19(21,22)32-16-5-1-14(2-6-16)23-18(27)13-24-9-11-25(12-10-24)33(30,31)17-7-3-15(4-8-17)26(28)29/h1-8H,9-13H2,(H,23,27). The summed E-state index contributed by atoms with van der Waals surface area (Å²) in [4.78, 5) is 24.0.